The van der Waals surface area contributed by atoms with Crippen molar-refractivity contribution in [3.05, 3.63) is 35.4 Å². The molecule has 1 aliphatic heterocycles. The van der Waals surface area contributed by atoms with E-state index in [1.54, 1.807) is 23.7 Å². The van der Waals surface area contributed by atoms with Crippen LogP contribution in [0.25, 0.3) is 0 Å². The number of nitrogens with one attached hydrogen (secondary N) is 1. The first-order valence-electron chi connectivity index (χ1n) is 7.06. The zero-order valence-corrected chi connectivity index (χ0v) is 13.5. The molecule has 1 aliphatic rings. The molecule has 0 aromatic heterocycles. The van der Waals surface area contributed by atoms with E-state index in [0.29, 0.717) is 5.75 Å². The molecule has 0 saturated carbocycles. The minimum Gasteiger partial charge on any atom is -0.345 e. The molecule has 0 bridgehead atoms. The molecule has 1 aromatic carbocycles. The predicted molar refractivity (Wildman–Crippen MR) is 82.8 cm³/mol. The fourth-order valence-corrected chi connectivity index (χ4v) is 2.86. The third-order valence-corrected chi connectivity index (χ3v) is 4.14. The van der Waals surface area contributed by atoms with Gasteiger partial charge in [-0.3, -0.25) is 19.3 Å². The second-order valence-electron chi connectivity index (χ2n) is 5.16. The molecule has 1 heterocycles. The number of halogens is 3. The number of nitrogens with zero attached hydrogens (tertiary/aromatic N) is 1. The molecule has 0 aliphatic carbocycles. The molecule has 1 atom stereocenters. The number of fused-ring (bicyclic) bond motifs is 1. The molecule has 0 radical (unpaired) electrons. The maximum Gasteiger partial charge on any atom is 0.405 e. The summed E-state index contributed by atoms with van der Waals surface area (Å²) in [6, 6.07) is 4.79. The standard InChI is InChI=1S/C15H15F3N2O3S/c1-24-7-6-11(12(21)19-8-15(16,17)18)20-13(22)9-4-2-3-5-10(9)14(20)23/h2-5,11H,6-8H2,1H3,(H,19,21). The Morgan fingerprint density at radius 1 is 1.21 bits per heavy atom. The van der Waals surface area contributed by atoms with Crippen molar-refractivity contribution in [1.29, 1.82) is 0 Å². The van der Waals surface area contributed by atoms with E-state index in [2.05, 4.69) is 0 Å². The monoisotopic (exact) mass is 360 g/mol. The Labute approximate surface area is 140 Å². The summed E-state index contributed by atoms with van der Waals surface area (Å²) in [4.78, 5) is 37.7. The second-order valence-corrected chi connectivity index (χ2v) is 6.14. The lowest BCUT2D eigenvalue weighted by atomic mass is 10.1. The molecule has 0 spiro atoms. The van der Waals surface area contributed by atoms with Crippen molar-refractivity contribution in [3.8, 4) is 0 Å². The van der Waals surface area contributed by atoms with Gasteiger partial charge in [-0.2, -0.15) is 24.9 Å². The van der Waals surface area contributed by atoms with Gasteiger partial charge in [-0.15, -0.1) is 0 Å². The molecule has 5 nitrogen and oxygen atoms in total. The largest absolute Gasteiger partial charge is 0.405 e. The van der Waals surface area contributed by atoms with Gasteiger partial charge in [0, 0.05) is 0 Å². The molecule has 3 amide bonds. The zero-order chi connectivity index (χ0) is 17.9. The molecule has 130 valence electrons. The molecule has 2 rings (SSSR count). The minimum atomic E-state index is -4.57. The summed E-state index contributed by atoms with van der Waals surface area (Å²) in [5, 5.41) is 1.76. The van der Waals surface area contributed by atoms with Crippen LogP contribution in [0.1, 0.15) is 27.1 Å². The number of carbonyl (C=O) groups is 3. The summed E-state index contributed by atoms with van der Waals surface area (Å²) in [5.74, 6) is -1.90. The van der Waals surface area contributed by atoms with E-state index in [4.69, 9.17) is 0 Å². The lowest BCUT2D eigenvalue weighted by Crippen LogP contribution is -2.51. The van der Waals surface area contributed by atoms with Crippen molar-refractivity contribution in [2.75, 3.05) is 18.6 Å². The van der Waals surface area contributed by atoms with Gasteiger partial charge in [0.25, 0.3) is 11.8 Å². The van der Waals surface area contributed by atoms with E-state index in [0.717, 1.165) is 4.90 Å². The lowest BCUT2D eigenvalue weighted by molar-refractivity contribution is -0.140. The summed E-state index contributed by atoms with van der Waals surface area (Å²) in [5.41, 5.74) is 0.306. The molecule has 0 fully saturated rings. The van der Waals surface area contributed by atoms with Crippen LogP contribution in [-0.4, -0.2) is 53.4 Å². The van der Waals surface area contributed by atoms with Crippen LogP contribution in [0, 0.1) is 0 Å². The second kappa shape index (κ2) is 7.25. The molecule has 1 N–H and O–H groups in total. The first kappa shape index (κ1) is 18.3. The smallest absolute Gasteiger partial charge is 0.345 e. The SMILES string of the molecule is CSCCC(C(=O)NCC(F)(F)F)N1C(=O)c2ccccc2C1=O. The highest BCUT2D eigenvalue weighted by atomic mass is 32.2. The van der Waals surface area contributed by atoms with Crippen molar-refractivity contribution >= 4 is 29.5 Å². The zero-order valence-electron chi connectivity index (χ0n) is 12.7. The van der Waals surface area contributed by atoms with Crippen LogP contribution in [-0.2, 0) is 4.79 Å². The van der Waals surface area contributed by atoms with Gasteiger partial charge in [0.2, 0.25) is 5.91 Å². The highest BCUT2D eigenvalue weighted by Crippen LogP contribution is 2.26. The number of hydrogen-bond acceptors (Lipinski definition) is 4. The van der Waals surface area contributed by atoms with Crippen LogP contribution in [0.5, 0.6) is 0 Å². The molecule has 9 heteroatoms. The predicted octanol–water partition coefficient (Wildman–Crippen LogP) is 2.08. The van der Waals surface area contributed by atoms with Gasteiger partial charge in [-0.25, -0.2) is 0 Å². The Morgan fingerprint density at radius 2 is 1.75 bits per heavy atom. The van der Waals surface area contributed by atoms with E-state index in [-0.39, 0.29) is 17.5 Å². The number of amides is 3. The summed E-state index contributed by atoms with van der Waals surface area (Å²) >= 11 is 1.36. The first-order chi connectivity index (χ1) is 11.3. The van der Waals surface area contributed by atoms with Crippen LogP contribution in [0.15, 0.2) is 24.3 Å². The third kappa shape index (κ3) is 3.89. The maximum atomic E-state index is 12.4. The normalized spacial score (nSPS) is 15.4. The van der Waals surface area contributed by atoms with Crippen molar-refractivity contribution in [2.45, 2.75) is 18.6 Å². The number of imide groups is 1. The van der Waals surface area contributed by atoms with Gasteiger partial charge in [0.05, 0.1) is 11.1 Å². The molecule has 0 saturated heterocycles. The molecular weight excluding hydrogens is 345 g/mol. The van der Waals surface area contributed by atoms with Gasteiger partial charge >= 0.3 is 6.18 Å². The van der Waals surface area contributed by atoms with Gasteiger partial charge in [-0.05, 0) is 30.6 Å². The van der Waals surface area contributed by atoms with Crippen molar-refractivity contribution in [3.63, 3.8) is 0 Å². The molecular formula is C15H15F3N2O3S. The van der Waals surface area contributed by atoms with Crippen molar-refractivity contribution in [1.82, 2.24) is 10.2 Å². The van der Waals surface area contributed by atoms with Crippen LogP contribution in [0.4, 0.5) is 13.2 Å². The van der Waals surface area contributed by atoms with Crippen LogP contribution in [0.3, 0.4) is 0 Å². The Balaban J connectivity index is 2.24. The first-order valence-corrected chi connectivity index (χ1v) is 8.46. The fourth-order valence-electron chi connectivity index (χ4n) is 2.40. The highest BCUT2D eigenvalue weighted by molar-refractivity contribution is 7.98. The average Bonchev–Trinajstić information content (AvgIpc) is 2.78. The Morgan fingerprint density at radius 3 is 2.21 bits per heavy atom. The minimum absolute atomic E-state index is 0.0797. The fraction of sp³-hybridized carbons (Fsp3) is 0.400. The summed E-state index contributed by atoms with van der Waals surface area (Å²) in [6.45, 7) is -1.51. The number of carbonyl (C=O) groups excluding carboxylic acids is 3. The molecule has 1 aromatic rings. The maximum absolute atomic E-state index is 12.4. The lowest BCUT2D eigenvalue weighted by Gasteiger charge is -2.25. The van der Waals surface area contributed by atoms with E-state index in [1.807, 2.05) is 0 Å². The Kier molecular flexibility index (Phi) is 5.53. The summed E-state index contributed by atoms with van der Waals surface area (Å²) in [7, 11) is 0. The summed E-state index contributed by atoms with van der Waals surface area (Å²) < 4.78 is 36.9. The van der Waals surface area contributed by atoms with Gasteiger partial charge < -0.3 is 5.32 Å². The number of rotatable bonds is 6. The van der Waals surface area contributed by atoms with Gasteiger partial charge in [0.15, 0.2) is 0 Å². The van der Waals surface area contributed by atoms with Crippen molar-refractivity contribution < 1.29 is 27.6 Å². The quantitative estimate of drug-likeness (QED) is 0.789. The van der Waals surface area contributed by atoms with Crippen LogP contribution < -0.4 is 5.32 Å². The number of alkyl halides is 3. The van der Waals surface area contributed by atoms with E-state index in [1.165, 1.54) is 23.9 Å². The van der Waals surface area contributed by atoms with Gasteiger partial charge in [0.1, 0.15) is 12.6 Å². The number of thioether (sulfide) groups is 1. The molecule has 24 heavy (non-hydrogen) atoms. The topological polar surface area (TPSA) is 66.5 Å². The Hall–Kier alpha value is -2.03. The average molecular weight is 360 g/mol. The van der Waals surface area contributed by atoms with Crippen LogP contribution in [0.2, 0.25) is 0 Å². The molecule has 1 unspecified atom stereocenters. The Bertz CT molecular complexity index is 629. The van der Waals surface area contributed by atoms with E-state index < -0.39 is 36.5 Å². The van der Waals surface area contributed by atoms with Crippen LogP contribution >= 0.6 is 11.8 Å². The van der Waals surface area contributed by atoms with Gasteiger partial charge in [-0.1, -0.05) is 12.1 Å². The van der Waals surface area contributed by atoms with E-state index >= 15 is 0 Å². The summed E-state index contributed by atoms with van der Waals surface area (Å²) in [6.07, 6.45) is -2.73. The third-order valence-electron chi connectivity index (χ3n) is 3.50. The van der Waals surface area contributed by atoms with Crippen molar-refractivity contribution in [2.24, 2.45) is 0 Å². The highest BCUT2D eigenvalue weighted by Gasteiger charge is 2.42. The number of hydrogen-bond donors (Lipinski definition) is 1. The van der Waals surface area contributed by atoms with E-state index in [9.17, 15) is 27.6 Å². The number of benzene rings is 1.